The van der Waals surface area contributed by atoms with Crippen LogP contribution in [0, 0.1) is 0 Å². The van der Waals surface area contributed by atoms with Crippen LogP contribution in [0.2, 0.25) is 0 Å². The molecule has 0 atom stereocenters. The highest BCUT2D eigenvalue weighted by Crippen LogP contribution is 2.07. The first kappa shape index (κ1) is 7.54. The molecule has 1 aromatic carbocycles. The van der Waals surface area contributed by atoms with Gasteiger partial charge in [-0.1, -0.05) is 33.5 Å². The van der Waals surface area contributed by atoms with Gasteiger partial charge in [0.1, 0.15) is 14.1 Å². The van der Waals surface area contributed by atoms with Gasteiger partial charge in [0.15, 0.2) is 0 Å². The summed E-state index contributed by atoms with van der Waals surface area (Å²) in [6.07, 6.45) is 0.845. The molecule has 0 spiro atoms. The minimum Gasteiger partial charge on any atom is -0.298 e. The van der Waals surface area contributed by atoms with Gasteiger partial charge in [-0.15, -0.1) is 0 Å². The van der Waals surface area contributed by atoms with Gasteiger partial charge in [-0.05, 0) is 6.07 Å². The van der Waals surface area contributed by atoms with Gasteiger partial charge in [0.05, 0.1) is 0 Å². The van der Waals surface area contributed by atoms with E-state index in [9.17, 15) is 4.79 Å². The molecule has 0 bridgehead atoms. The zero-order valence-corrected chi connectivity index (χ0v) is 7.18. The number of hydrogen-bond acceptors (Lipinski definition) is 1. The molecule has 0 aliphatic heterocycles. The molecule has 0 heterocycles. The molecule has 1 rings (SSSR count). The summed E-state index contributed by atoms with van der Waals surface area (Å²) in [5.74, 6) is 0. The van der Waals surface area contributed by atoms with Crippen LogP contribution in [0.1, 0.15) is 10.4 Å². The number of aldehydes is 1. The second kappa shape index (κ2) is 3.02. The van der Waals surface area contributed by atoms with Crippen LogP contribution in [0.5, 0.6) is 0 Å². The molecule has 50 valence electrons. The smallest absolute Gasteiger partial charge is 0.150 e. The van der Waals surface area contributed by atoms with E-state index in [-0.39, 0.29) is 0 Å². The standard InChI is InChI=1S/C7H6BBrO/c8-6-1-5(4-10)2-7(9)3-6/h1-4H,8H2. The van der Waals surface area contributed by atoms with Crippen LogP contribution in [-0.4, -0.2) is 14.1 Å². The SMILES string of the molecule is Bc1cc(Br)cc(C=O)c1. The number of halogens is 1. The third kappa shape index (κ3) is 1.71. The van der Waals surface area contributed by atoms with Crippen molar-refractivity contribution in [3.05, 3.63) is 28.2 Å². The second-order valence-electron chi connectivity index (χ2n) is 2.18. The molecule has 0 radical (unpaired) electrons. The molecule has 0 aromatic heterocycles. The van der Waals surface area contributed by atoms with E-state index in [1.54, 1.807) is 6.07 Å². The van der Waals surface area contributed by atoms with E-state index in [4.69, 9.17) is 0 Å². The fraction of sp³-hybridized carbons (Fsp3) is 0. The molecule has 0 unspecified atom stereocenters. The average molecular weight is 197 g/mol. The number of carbonyl (C=O) groups is 1. The Morgan fingerprint density at radius 2 is 2.10 bits per heavy atom. The van der Waals surface area contributed by atoms with E-state index in [1.807, 2.05) is 20.0 Å². The highest BCUT2D eigenvalue weighted by atomic mass is 79.9. The molecule has 0 fully saturated rings. The van der Waals surface area contributed by atoms with Crippen LogP contribution in [0.4, 0.5) is 0 Å². The van der Waals surface area contributed by atoms with Crippen molar-refractivity contribution in [2.75, 3.05) is 0 Å². The normalized spacial score (nSPS) is 9.30. The van der Waals surface area contributed by atoms with Crippen molar-refractivity contribution in [1.29, 1.82) is 0 Å². The first-order chi connectivity index (χ1) is 4.72. The molecule has 0 saturated heterocycles. The molecule has 0 amide bonds. The molecular weight excluding hydrogens is 191 g/mol. The van der Waals surface area contributed by atoms with Crippen molar-refractivity contribution in [3.63, 3.8) is 0 Å². The summed E-state index contributed by atoms with van der Waals surface area (Å²) in [5, 5.41) is 0. The Morgan fingerprint density at radius 3 is 2.60 bits per heavy atom. The van der Waals surface area contributed by atoms with Crippen LogP contribution in [0.25, 0.3) is 0 Å². The summed E-state index contributed by atoms with van der Waals surface area (Å²) in [6, 6.07) is 5.60. The number of hydrogen-bond donors (Lipinski definition) is 0. The lowest BCUT2D eigenvalue weighted by atomic mass is 9.95. The van der Waals surface area contributed by atoms with Gasteiger partial charge in [-0.2, -0.15) is 0 Å². The van der Waals surface area contributed by atoms with E-state index >= 15 is 0 Å². The van der Waals surface area contributed by atoms with E-state index in [0.717, 1.165) is 16.2 Å². The number of carbonyl (C=O) groups excluding carboxylic acids is 1. The van der Waals surface area contributed by atoms with E-state index in [1.165, 1.54) is 0 Å². The first-order valence-electron chi connectivity index (χ1n) is 2.95. The minimum atomic E-state index is 0.715. The van der Waals surface area contributed by atoms with E-state index in [2.05, 4.69) is 15.9 Å². The Balaban J connectivity index is 3.18. The number of benzene rings is 1. The Labute approximate surface area is 69.0 Å². The van der Waals surface area contributed by atoms with Crippen LogP contribution >= 0.6 is 15.9 Å². The summed E-state index contributed by atoms with van der Waals surface area (Å²) in [4.78, 5) is 10.3. The van der Waals surface area contributed by atoms with Gasteiger partial charge in [-0.3, -0.25) is 4.79 Å². The summed E-state index contributed by atoms with van der Waals surface area (Å²) in [7, 11) is 1.96. The topological polar surface area (TPSA) is 17.1 Å². The number of rotatable bonds is 1. The quantitative estimate of drug-likeness (QED) is 0.473. The maximum Gasteiger partial charge on any atom is 0.150 e. The van der Waals surface area contributed by atoms with Crippen molar-refractivity contribution >= 4 is 35.5 Å². The predicted octanol–water partition coefficient (Wildman–Crippen LogP) is 0.520. The van der Waals surface area contributed by atoms with Gasteiger partial charge >= 0.3 is 0 Å². The van der Waals surface area contributed by atoms with Crippen LogP contribution in [-0.2, 0) is 0 Å². The van der Waals surface area contributed by atoms with Crippen LogP contribution < -0.4 is 5.46 Å². The molecule has 0 N–H and O–H groups in total. The van der Waals surface area contributed by atoms with E-state index in [0.29, 0.717) is 5.56 Å². The van der Waals surface area contributed by atoms with Crippen molar-refractivity contribution < 1.29 is 4.79 Å². The van der Waals surface area contributed by atoms with Gasteiger partial charge in [-0.25, -0.2) is 0 Å². The average Bonchev–Trinajstić information content (AvgIpc) is 1.85. The molecule has 3 heteroatoms. The maximum absolute atomic E-state index is 10.3. The van der Waals surface area contributed by atoms with Gasteiger partial charge in [0, 0.05) is 10.0 Å². The Morgan fingerprint density at radius 1 is 1.40 bits per heavy atom. The maximum atomic E-state index is 10.3. The van der Waals surface area contributed by atoms with Gasteiger partial charge in [0.2, 0.25) is 0 Å². The van der Waals surface area contributed by atoms with Crippen molar-refractivity contribution in [2.45, 2.75) is 0 Å². The van der Waals surface area contributed by atoms with Crippen molar-refractivity contribution in [3.8, 4) is 0 Å². The Kier molecular flexibility index (Phi) is 2.27. The molecular formula is C7H6BBrO. The highest BCUT2D eigenvalue weighted by Gasteiger charge is 1.92. The zero-order chi connectivity index (χ0) is 7.56. The molecule has 10 heavy (non-hydrogen) atoms. The minimum absolute atomic E-state index is 0.715. The van der Waals surface area contributed by atoms with Gasteiger partial charge in [0.25, 0.3) is 0 Å². The summed E-state index contributed by atoms with van der Waals surface area (Å²) in [6.45, 7) is 0. The summed E-state index contributed by atoms with van der Waals surface area (Å²) >= 11 is 3.29. The van der Waals surface area contributed by atoms with Gasteiger partial charge < -0.3 is 0 Å². The lowest BCUT2D eigenvalue weighted by Crippen LogP contribution is -2.02. The summed E-state index contributed by atoms with van der Waals surface area (Å²) < 4.78 is 0.953. The van der Waals surface area contributed by atoms with Crippen LogP contribution in [0.3, 0.4) is 0 Å². The molecule has 1 aromatic rings. The lowest BCUT2D eigenvalue weighted by Gasteiger charge is -1.95. The predicted molar refractivity (Wildman–Crippen MR) is 47.7 cm³/mol. The van der Waals surface area contributed by atoms with Crippen molar-refractivity contribution in [2.24, 2.45) is 0 Å². The third-order valence-corrected chi connectivity index (χ3v) is 1.66. The Hall–Kier alpha value is -0.565. The molecule has 0 saturated carbocycles. The highest BCUT2D eigenvalue weighted by molar-refractivity contribution is 9.10. The Bertz CT molecular complexity index is 240. The second-order valence-corrected chi connectivity index (χ2v) is 3.10. The molecule has 1 nitrogen and oxygen atoms in total. The fourth-order valence-corrected chi connectivity index (χ4v) is 1.46. The monoisotopic (exact) mass is 196 g/mol. The van der Waals surface area contributed by atoms with Crippen molar-refractivity contribution in [1.82, 2.24) is 0 Å². The zero-order valence-electron chi connectivity index (χ0n) is 5.60. The first-order valence-corrected chi connectivity index (χ1v) is 3.74. The van der Waals surface area contributed by atoms with Crippen LogP contribution in [0.15, 0.2) is 22.7 Å². The molecule has 0 aliphatic carbocycles. The largest absolute Gasteiger partial charge is 0.298 e. The lowest BCUT2D eigenvalue weighted by molar-refractivity contribution is 0.112. The molecule has 0 aliphatic rings. The fourth-order valence-electron chi connectivity index (χ4n) is 0.833. The van der Waals surface area contributed by atoms with E-state index < -0.39 is 0 Å². The summed E-state index contributed by atoms with van der Waals surface area (Å²) in [5.41, 5.74) is 1.81. The third-order valence-electron chi connectivity index (χ3n) is 1.20.